The van der Waals surface area contributed by atoms with Crippen LogP contribution < -0.4 is 53.2 Å². The van der Waals surface area contributed by atoms with Gasteiger partial charge in [-0.25, -0.2) is 0 Å². The summed E-state index contributed by atoms with van der Waals surface area (Å²) in [6.45, 7) is 69.2. The van der Waals surface area contributed by atoms with Crippen LogP contribution in [0, 0.1) is 29.6 Å². The summed E-state index contributed by atoms with van der Waals surface area (Å²) < 4.78 is 10.8. The van der Waals surface area contributed by atoms with Crippen LogP contribution in [0.3, 0.4) is 0 Å². The summed E-state index contributed by atoms with van der Waals surface area (Å²) in [6.07, 6.45) is 5.27. The van der Waals surface area contributed by atoms with E-state index in [2.05, 4.69) is 220 Å². The molecule has 29 nitrogen and oxygen atoms in total. The minimum atomic E-state index is -0.0920. The van der Waals surface area contributed by atoms with E-state index in [-0.39, 0.29) is 90.4 Å². The van der Waals surface area contributed by atoms with Gasteiger partial charge in [0.25, 0.3) is 0 Å². The second-order valence-corrected chi connectivity index (χ2v) is 35.7. The molecule has 0 aliphatic carbocycles. The van der Waals surface area contributed by atoms with Gasteiger partial charge in [0.05, 0.1) is 55.6 Å². The molecule has 5 aliphatic rings. The van der Waals surface area contributed by atoms with Crippen molar-refractivity contribution in [2.75, 3.05) is 245 Å². The van der Waals surface area contributed by atoms with Crippen molar-refractivity contribution < 1.29 is 43.0 Å². The molecule has 0 aromatic rings. The summed E-state index contributed by atoms with van der Waals surface area (Å²) in [5.74, 6) is 3.85. The van der Waals surface area contributed by atoms with Gasteiger partial charge in [0.1, 0.15) is 6.61 Å². The predicted molar refractivity (Wildman–Crippen MR) is 464 cm³/mol. The van der Waals surface area contributed by atoms with E-state index >= 15 is 0 Å². The minimum Gasteiger partial charge on any atom is -0.377 e. The topological polar surface area (TPSA) is 291 Å². The van der Waals surface area contributed by atoms with Gasteiger partial charge >= 0.3 is 0 Å². The average Bonchev–Trinajstić information content (AvgIpc) is 0.858. The van der Waals surface area contributed by atoms with E-state index in [9.17, 15) is 33.6 Å². The third kappa shape index (κ3) is 53.0. The van der Waals surface area contributed by atoms with Gasteiger partial charge < -0.3 is 87.1 Å². The van der Waals surface area contributed by atoms with Crippen LogP contribution in [0.5, 0.6) is 0 Å². The van der Waals surface area contributed by atoms with Crippen molar-refractivity contribution in [1.29, 1.82) is 0 Å². The molecule has 5 saturated heterocycles. The van der Waals surface area contributed by atoms with Crippen molar-refractivity contribution in [2.24, 2.45) is 29.6 Å². The number of likely N-dealkylation sites (tertiary alicyclic amines) is 5. The Balaban J connectivity index is 0.000000708. The van der Waals surface area contributed by atoms with E-state index in [1.807, 2.05) is 55.6 Å². The number of likely N-dealkylation sites (N-methyl/N-ethyl adjacent to an activating group) is 5. The zero-order valence-electron chi connectivity index (χ0n) is 76.5. The normalized spacial score (nSPS) is 18.7. The lowest BCUT2D eigenvalue weighted by atomic mass is 10.00. The van der Waals surface area contributed by atoms with E-state index in [0.29, 0.717) is 87.0 Å². The number of ether oxygens (including phenoxy) is 2. The van der Waals surface area contributed by atoms with Gasteiger partial charge in [0, 0.05) is 208 Å². The fourth-order valence-electron chi connectivity index (χ4n) is 13.1. The number of nitrogens with zero attached hydrogens (tertiary/aromatic N) is 10. The highest BCUT2D eigenvalue weighted by Gasteiger charge is 2.38. The molecule has 5 fully saturated rings. The molecule has 664 valence electrons. The molecule has 7 amide bonds. The highest BCUT2D eigenvalue weighted by Crippen LogP contribution is 2.23. The Bertz CT molecular complexity index is 2300. The number of rotatable bonds is 54. The molecule has 5 aliphatic heterocycles. The molecule has 5 unspecified atom stereocenters. The first-order valence-corrected chi connectivity index (χ1v) is 43.8. The Morgan fingerprint density at radius 2 is 0.513 bits per heavy atom. The van der Waals surface area contributed by atoms with Crippen molar-refractivity contribution in [1.82, 2.24) is 102 Å². The van der Waals surface area contributed by atoms with Crippen LogP contribution in [0.25, 0.3) is 0 Å². The molecule has 5 rings (SSSR count). The van der Waals surface area contributed by atoms with Crippen LogP contribution in [0.1, 0.15) is 171 Å². The largest absolute Gasteiger partial charge is 0.377 e. The number of carbonyl (C=O) groups is 7. The Morgan fingerprint density at radius 3 is 0.726 bits per heavy atom. The first-order chi connectivity index (χ1) is 53.3. The molecule has 10 N–H and O–H groups in total. The summed E-state index contributed by atoms with van der Waals surface area (Å²) in [4.78, 5) is 106. The molecular formula is C84H174N20O9. The lowest BCUT2D eigenvalue weighted by Crippen LogP contribution is -2.57. The quantitative estimate of drug-likeness (QED) is 0.0419. The molecule has 113 heavy (non-hydrogen) atoms. The third-order valence-corrected chi connectivity index (χ3v) is 20.0. The van der Waals surface area contributed by atoms with Gasteiger partial charge in [0.2, 0.25) is 41.4 Å². The smallest absolute Gasteiger partial charge is 0.246 e. The van der Waals surface area contributed by atoms with Crippen LogP contribution in [0.4, 0.5) is 0 Å². The fourth-order valence-corrected chi connectivity index (χ4v) is 13.1. The van der Waals surface area contributed by atoms with Gasteiger partial charge in [0.15, 0.2) is 0 Å². The van der Waals surface area contributed by atoms with Crippen molar-refractivity contribution >= 4 is 41.4 Å². The minimum absolute atomic E-state index is 0.0191. The second kappa shape index (κ2) is 61.9. The number of hydrogen-bond acceptors (Lipinski definition) is 22. The maximum Gasteiger partial charge on any atom is 0.246 e. The molecule has 0 aromatic heterocycles. The first-order valence-electron chi connectivity index (χ1n) is 43.8. The van der Waals surface area contributed by atoms with E-state index in [4.69, 9.17) is 9.47 Å². The SMILES string of the molecule is CC(C)CN1CCC1C(=O)NCCN(C)CCNC(=O)CNC(C)C.CC(C)CN1CCC1C(=O)NCCN(C)CCNC(=O)COC(C)C.CC(C)CN1CCC1C(=O)NCCN(C)CCNC(C)C.CC(C)CN1CCC1C(=O)NCCN(C)CCNC(C)C.CC(C)CN1CCC1C(=O)NCCN(C)CCOC(C)C. The molecule has 0 bridgehead atoms. The highest BCUT2D eigenvalue weighted by atomic mass is 16.5. The Morgan fingerprint density at radius 1 is 0.292 bits per heavy atom. The zero-order valence-corrected chi connectivity index (χ0v) is 76.5. The molecule has 5 heterocycles. The molecule has 29 heteroatoms. The summed E-state index contributed by atoms with van der Waals surface area (Å²) in [5, 5.41) is 30.9. The lowest BCUT2D eigenvalue weighted by molar-refractivity contribution is -0.131. The van der Waals surface area contributed by atoms with Crippen LogP contribution in [-0.4, -0.2) is 396 Å². The van der Waals surface area contributed by atoms with E-state index < -0.39 is 0 Å². The molecular weight excluding hydrogens is 1430 g/mol. The van der Waals surface area contributed by atoms with E-state index in [1.54, 1.807) is 0 Å². The van der Waals surface area contributed by atoms with Gasteiger partial charge in [-0.05, 0) is 125 Å². The monoisotopic (exact) mass is 1610 g/mol. The van der Waals surface area contributed by atoms with Crippen molar-refractivity contribution in [2.45, 2.75) is 231 Å². The van der Waals surface area contributed by atoms with Crippen molar-refractivity contribution in [3.05, 3.63) is 0 Å². The van der Waals surface area contributed by atoms with E-state index in [1.165, 1.54) is 0 Å². The second-order valence-electron chi connectivity index (χ2n) is 35.7. The molecule has 0 radical (unpaired) electrons. The Hall–Kier alpha value is -4.31. The zero-order chi connectivity index (χ0) is 85.1. The van der Waals surface area contributed by atoms with Gasteiger partial charge in [-0.3, -0.25) is 58.1 Å². The maximum atomic E-state index is 12.2. The Labute approximate surface area is 688 Å². The maximum absolute atomic E-state index is 12.2. The molecule has 5 atom stereocenters. The van der Waals surface area contributed by atoms with Crippen LogP contribution >= 0.6 is 0 Å². The van der Waals surface area contributed by atoms with Crippen LogP contribution in [0.15, 0.2) is 0 Å². The predicted octanol–water partition coefficient (Wildman–Crippen LogP) is 2.90. The molecule has 0 spiro atoms. The first kappa shape index (κ1) is 107. The number of amides is 7. The van der Waals surface area contributed by atoms with Crippen LogP contribution in [0.2, 0.25) is 0 Å². The van der Waals surface area contributed by atoms with Gasteiger partial charge in [-0.15, -0.1) is 0 Å². The standard InChI is InChI=1S/C18H37N5O2.C18H36N4O3.2C16H34N4O.C16H33N3O2/c1-14(2)13-23-9-6-16(23)18(25)20-8-11-22(5)10-7-19-17(24)12-21-15(3)4;1-14(2)12-22-9-6-16(22)18(24)20-8-11-21(5)10-7-19-17(23)13-25-15(3)4;2*1-13(2)12-20-9-6-15(20)16(21)18-8-11-19(5)10-7-17-14(3)4;1-13(2)12-19-8-6-15(19)16(20)17-7-9-18(5)10-11-21-14(3)4/h14-16,21H,6-13H2,1-5H3,(H,19,24)(H,20,25);14-16H,6-13H2,1-5H3,(H,19,23)(H,20,24);2*13-15,17H,6-12H2,1-5H3,(H,18,21);13-15H,6-12H2,1-5H3,(H,17,20). The highest BCUT2D eigenvalue weighted by molar-refractivity contribution is 5.84. The summed E-state index contributed by atoms with van der Waals surface area (Å²) in [5.41, 5.74) is 0. The summed E-state index contributed by atoms with van der Waals surface area (Å²) in [7, 11) is 10.2. The fraction of sp³-hybridized carbons (Fsp3) is 0.917. The molecule has 0 aromatic carbocycles. The van der Waals surface area contributed by atoms with Crippen molar-refractivity contribution in [3.8, 4) is 0 Å². The van der Waals surface area contributed by atoms with Gasteiger partial charge in [-0.1, -0.05) is 111 Å². The number of nitrogens with one attached hydrogen (secondary N) is 10. The summed E-state index contributed by atoms with van der Waals surface area (Å²) in [6, 6.07) is 1.80. The van der Waals surface area contributed by atoms with Gasteiger partial charge in [-0.2, -0.15) is 0 Å². The average molecular weight is 1610 g/mol. The summed E-state index contributed by atoms with van der Waals surface area (Å²) >= 11 is 0. The number of carbonyl (C=O) groups excluding carboxylic acids is 7. The molecule has 0 saturated carbocycles. The van der Waals surface area contributed by atoms with Crippen molar-refractivity contribution in [3.63, 3.8) is 0 Å². The lowest BCUT2D eigenvalue weighted by Gasteiger charge is -2.40. The number of hydrogen-bond donors (Lipinski definition) is 10. The Kier molecular flexibility index (Phi) is 58.5. The van der Waals surface area contributed by atoms with Crippen LogP contribution in [-0.2, 0) is 43.0 Å². The van der Waals surface area contributed by atoms with E-state index in [0.717, 1.165) is 196 Å². The third-order valence-electron chi connectivity index (χ3n) is 20.0.